The van der Waals surface area contributed by atoms with E-state index in [9.17, 15) is 0 Å². The van der Waals surface area contributed by atoms with Crippen LogP contribution in [0, 0.1) is 10.5 Å². The van der Waals surface area contributed by atoms with Crippen molar-refractivity contribution in [2.24, 2.45) is 0 Å². The highest BCUT2D eigenvalue weighted by atomic mass is 127. The first-order chi connectivity index (χ1) is 9.65. The Labute approximate surface area is 138 Å². The summed E-state index contributed by atoms with van der Waals surface area (Å²) in [4.78, 5) is 9.29. The van der Waals surface area contributed by atoms with E-state index in [0.717, 1.165) is 20.7 Å². The highest BCUT2D eigenvalue weighted by Gasteiger charge is 2.23. The maximum atomic E-state index is 6.33. The molecule has 0 atom stereocenters. The third kappa shape index (κ3) is 2.84. The highest BCUT2D eigenvalue weighted by Crippen LogP contribution is 2.37. The van der Waals surface area contributed by atoms with Crippen LogP contribution in [0.25, 0.3) is 11.4 Å². The summed E-state index contributed by atoms with van der Waals surface area (Å²) in [6.45, 7) is 2.08. The molecule has 4 heteroatoms. The molecular weight excluding hydrogens is 383 g/mol. The molecule has 0 saturated heterocycles. The second kappa shape index (κ2) is 5.98. The third-order valence-electron chi connectivity index (χ3n) is 3.85. The summed E-state index contributed by atoms with van der Waals surface area (Å²) in [5.41, 5.74) is 3.39. The van der Waals surface area contributed by atoms with Crippen molar-refractivity contribution in [3.63, 3.8) is 0 Å². The molecule has 0 aliphatic heterocycles. The van der Waals surface area contributed by atoms with Gasteiger partial charge in [-0.2, -0.15) is 0 Å². The van der Waals surface area contributed by atoms with E-state index in [-0.39, 0.29) is 0 Å². The monoisotopic (exact) mass is 398 g/mol. The minimum absolute atomic E-state index is 0.547. The number of aryl methyl sites for hydroxylation is 1. The molecule has 1 aromatic heterocycles. The molecule has 1 fully saturated rings. The molecule has 0 unspecified atom stereocenters. The number of aromatic nitrogens is 2. The van der Waals surface area contributed by atoms with Crippen molar-refractivity contribution in [3.8, 4) is 11.4 Å². The summed E-state index contributed by atoms with van der Waals surface area (Å²) in [5.74, 6) is 1.30. The van der Waals surface area contributed by atoms with Crippen LogP contribution in [0.1, 0.15) is 42.9 Å². The molecule has 20 heavy (non-hydrogen) atoms. The largest absolute Gasteiger partial charge is 0.232 e. The van der Waals surface area contributed by atoms with Crippen molar-refractivity contribution in [1.82, 2.24) is 9.97 Å². The van der Waals surface area contributed by atoms with Crippen molar-refractivity contribution in [1.29, 1.82) is 0 Å². The fraction of sp³-hybridized carbons (Fsp3) is 0.375. The maximum Gasteiger partial charge on any atom is 0.161 e. The Hall–Kier alpha value is -0.680. The number of halogens is 2. The summed E-state index contributed by atoms with van der Waals surface area (Å²) in [6.07, 6.45) is 5.03. The van der Waals surface area contributed by atoms with E-state index in [1.807, 2.05) is 12.1 Å². The van der Waals surface area contributed by atoms with Crippen molar-refractivity contribution >= 4 is 34.2 Å². The normalized spacial score (nSPS) is 15.8. The number of nitrogens with zero attached hydrogens (tertiary/aromatic N) is 2. The number of hydrogen-bond acceptors (Lipinski definition) is 2. The van der Waals surface area contributed by atoms with Gasteiger partial charge < -0.3 is 0 Å². The molecule has 1 aliphatic rings. The van der Waals surface area contributed by atoms with E-state index in [1.54, 1.807) is 0 Å². The summed E-state index contributed by atoms with van der Waals surface area (Å²) >= 11 is 8.61. The third-order valence-corrected chi connectivity index (χ3v) is 5.51. The molecule has 1 aromatic carbocycles. The number of benzene rings is 1. The zero-order valence-corrected chi connectivity index (χ0v) is 14.3. The Morgan fingerprint density at radius 2 is 1.95 bits per heavy atom. The molecule has 2 aromatic rings. The standard InChI is InChI=1S/C16H16ClIN2/c1-10-5-4-8-12(9-10)16-19-14(11-6-2-3-7-11)13(18)15(17)20-16/h4-5,8-9,11H,2-3,6-7H2,1H3. The summed E-state index contributed by atoms with van der Waals surface area (Å²) in [7, 11) is 0. The van der Waals surface area contributed by atoms with Crippen LogP contribution in [0.2, 0.25) is 5.15 Å². The smallest absolute Gasteiger partial charge is 0.161 e. The lowest BCUT2D eigenvalue weighted by atomic mass is 10.0. The van der Waals surface area contributed by atoms with Crippen molar-refractivity contribution in [2.45, 2.75) is 38.5 Å². The molecule has 3 rings (SSSR count). The number of rotatable bonds is 2. The van der Waals surface area contributed by atoms with Gasteiger partial charge in [-0.1, -0.05) is 48.2 Å². The fourth-order valence-electron chi connectivity index (χ4n) is 2.82. The van der Waals surface area contributed by atoms with Crippen LogP contribution in [0.5, 0.6) is 0 Å². The van der Waals surface area contributed by atoms with Gasteiger partial charge in [0.15, 0.2) is 5.82 Å². The molecule has 104 valence electrons. The molecule has 0 amide bonds. The lowest BCUT2D eigenvalue weighted by Gasteiger charge is -2.13. The summed E-state index contributed by atoms with van der Waals surface area (Å²) < 4.78 is 1.02. The van der Waals surface area contributed by atoms with Crippen LogP contribution < -0.4 is 0 Å². The van der Waals surface area contributed by atoms with Gasteiger partial charge in [-0.15, -0.1) is 0 Å². The molecule has 0 N–H and O–H groups in total. The van der Waals surface area contributed by atoms with Gasteiger partial charge in [-0.25, -0.2) is 9.97 Å². The second-order valence-corrected chi connectivity index (χ2v) is 6.82. The Morgan fingerprint density at radius 1 is 1.20 bits per heavy atom. The zero-order valence-electron chi connectivity index (χ0n) is 11.4. The molecule has 2 nitrogen and oxygen atoms in total. The quantitative estimate of drug-likeness (QED) is 0.502. The van der Waals surface area contributed by atoms with E-state index < -0.39 is 0 Å². The van der Waals surface area contributed by atoms with Crippen molar-refractivity contribution in [2.75, 3.05) is 0 Å². The SMILES string of the molecule is Cc1cccc(-c2nc(Cl)c(I)c(C3CCCC3)n2)c1. The van der Waals surface area contributed by atoms with Crippen LogP contribution >= 0.6 is 34.2 Å². The topological polar surface area (TPSA) is 25.8 Å². The lowest BCUT2D eigenvalue weighted by Crippen LogP contribution is -2.04. The Kier molecular flexibility index (Phi) is 4.26. The minimum atomic E-state index is 0.547. The van der Waals surface area contributed by atoms with Gasteiger partial charge >= 0.3 is 0 Å². The highest BCUT2D eigenvalue weighted by molar-refractivity contribution is 14.1. The number of hydrogen-bond donors (Lipinski definition) is 0. The van der Waals surface area contributed by atoms with Gasteiger partial charge in [0.05, 0.1) is 9.26 Å². The summed E-state index contributed by atoms with van der Waals surface area (Å²) in [5, 5.41) is 0.582. The average Bonchev–Trinajstić information content (AvgIpc) is 2.95. The molecule has 0 radical (unpaired) electrons. The predicted octanol–water partition coefficient (Wildman–Crippen LogP) is 5.37. The van der Waals surface area contributed by atoms with E-state index in [1.165, 1.54) is 31.2 Å². The van der Waals surface area contributed by atoms with Crippen LogP contribution in [-0.4, -0.2) is 9.97 Å². The van der Waals surface area contributed by atoms with E-state index in [4.69, 9.17) is 16.6 Å². The molecule has 1 saturated carbocycles. The average molecular weight is 399 g/mol. The van der Waals surface area contributed by atoms with Crippen LogP contribution in [0.3, 0.4) is 0 Å². The van der Waals surface area contributed by atoms with E-state index >= 15 is 0 Å². The molecular formula is C16H16ClIN2. The predicted molar refractivity (Wildman–Crippen MR) is 91.1 cm³/mol. The van der Waals surface area contributed by atoms with Gasteiger partial charge in [0.25, 0.3) is 0 Å². The maximum absolute atomic E-state index is 6.33. The van der Waals surface area contributed by atoms with Gasteiger partial charge in [0, 0.05) is 11.5 Å². The van der Waals surface area contributed by atoms with Gasteiger partial charge in [-0.05, 0) is 48.4 Å². The zero-order chi connectivity index (χ0) is 14.1. The first-order valence-corrected chi connectivity index (χ1v) is 8.41. The summed E-state index contributed by atoms with van der Waals surface area (Å²) in [6, 6.07) is 8.27. The van der Waals surface area contributed by atoms with Crippen molar-refractivity contribution < 1.29 is 0 Å². The van der Waals surface area contributed by atoms with Crippen LogP contribution in [0.4, 0.5) is 0 Å². The van der Waals surface area contributed by atoms with Gasteiger partial charge in [0.2, 0.25) is 0 Å². The lowest BCUT2D eigenvalue weighted by molar-refractivity contribution is 0.690. The first kappa shape index (κ1) is 14.3. The fourth-order valence-corrected chi connectivity index (χ4v) is 3.68. The molecule has 1 aliphatic carbocycles. The van der Waals surface area contributed by atoms with E-state index in [0.29, 0.717) is 11.1 Å². The van der Waals surface area contributed by atoms with Gasteiger partial charge in [0.1, 0.15) is 5.15 Å². The van der Waals surface area contributed by atoms with Crippen molar-refractivity contribution in [3.05, 3.63) is 44.2 Å². The van der Waals surface area contributed by atoms with E-state index in [2.05, 4.69) is 46.6 Å². The molecule has 0 bridgehead atoms. The molecule has 1 heterocycles. The second-order valence-electron chi connectivity index (χ2n) is 5.39. The first-order valence-electron chi connectivity index (χ1n) is 6.95. The Balaban J connectivity index is 2.08. The van der Waals surface area contributed by atoms with Crippen LogP contribution in [-0.2, 0) is 0 Å². The minimum Gasteiger partial charge on any atom is -0.232 e. The van der Waals surface area contributed by atoms with Gasteiger partial charge in [-0.3, -0.25) is 0 Å². The Morgan fingerprint density at radius 3 is 2.65 bits per heavy atom. The Bertz CT molecular complexity index is 636. The molecule has 0 spiro atoms. The van der Waals surface area contributed by atoms with Crippen LogP contribution in [0.15, 0.2) is 24.3 Å².